The van der Waals surface area contributed by atoms with Crippen LogP contribution < -0.4 is 0 Å². The Morgan fingerprint density at radius 3 is 1.93 bits per heavy atom. The van der Waals surface area contributed by atoms with E-state index in [0.717, 1.165) is 44.9 Å². The molecular weight excluding hydrogens is 440 g/mol. The summed E-state index contributed by atoms with van der Waals surface area (Å²) in [5.41, 5.74) is -0.366. The average molecular weight is 469 g/mol. The molecule has 0 amide bonds. The SMILES string of the molecule is O=C(OCC12CC3CC(CC(C3)C1)C2)C(F)(F)S(=O)(=O)[N-]S(=O)(=O)C1CCCCC1. The van der Waals surface area contributed by atoms with Gasteiger partial charge in [-0.05, 0) is 69.1 Å². The Morgan fingerprint density at radius 1 is 0.933 bits per heavy atom. The van der Waals surface area contributed by atoms with Crippen molar-refractivity contribution in [3.8, 4) is 0 Å². The normalized spacial score (nSPS) is 34.8. The van der Waals surface area contributed by atoms with Crippen LogP contribution in [-0.4, -0.2) is 39.9 Å². The molecule has 0 aliphatic heterocycles. The molecule has 0 N–H and O–H groups in total. The van der Waals surface area contributed by atoms with Gasteiger partial charge in [0, 0.05) is 10.7 Å². The highest BCUT2D eigenvalue weighted by Crippen LogP contribution is 2.60. The summed E-state index contributed by atoms with van der Waals surface area (Å²) < 4.78 is 84.8. The number of sulfonamides is 2. The zero-order valence-electron chi connectivity index (χ0n) is 16.8. The first kappa shape index (κ1) is 22.4. The molecule has 0 unspecified atom stereocenters. The van der Waals surface area contributed by atoms with Gasteiger partial charge in [0.05, 0.1) is 16.6 Å². The number of alkyl halides is 2. The van der Waals surface area contributed by atoms with E-state index < -0.39 is 36.5 Å². The monoisotopic (exact) mass is 468 g/mol. The standard InChI is InChI=1S/C19H28F2NO6S2/c20-19(21,30(26,27)22-29(24,25)16-4-2-1-3-5-16)17(23)28-12-18-9-13-6-14(10-18)8-15(7-13)11-18/h13-16H,1-12H2/q-1. The highest BCUT2D eigenvalue weighted by molar-refractivity contribution is 8.13. The molecule has 4 bridgehead atoms. The quantitative estimate of drug-likeness (QED) is 0.527. The topological polar surface area (TPSA) is 109 Å². The van der Waals surface area contributed by atoms with Crippen molar-refractivity contribution in [3.05, 3.63) is 4.13 Å². The van der Waals surface area contributed by atoms with E-state index in [2.05, 4.69) is 4.13 Å². The lowest BCUT2D eigenvalue weighted by molar-refractivity contribution is -0.171. The van der Waals surface area contributed by atoms with Gasteiger partial charge in [-0.2, -0.15) is 8.78 Å². The van der Waals surface area contributed by atoms with Crippen LogP contribution in [0.4, 0.5) is 8.78 Å². The summed E-state index contributed by atoms with van der Waals surface area (Å²) in [6.07, 6.45) is 8.01. The van der Waals surface area contributed by atoms with E-state index in [1.165, 1.54) is 0 Å². The maximum absolute atomic E-state index is 14.4. The summed E-state index contributed by atoms with van der Waals surface area (Å²) in [6, 6.07) is 0. The van der Waals surface area contributed by atoms with Crippen LogP contribution in [0.3, 0.4) is 0 Å². The molecule has 5 rings (SSSR count). The van der Waals surface area contributed by atoms with Gasteiger partial charge in [0.25, 0.3) is 0 Å². The van der Waals surface area contributed by atoms with E-state index in [1.54, 1.807) is 0 Å². The molecule has 0 aromatic rings. The Bertz CT molecular complexity index is 861. The molecule has 0 saturated heterocycles. The zero-order valence-corrected chi connectivity index (χ0v) is 18.4. The minimum Gasteiger partial charge on any atom is -0.460 e. The summed E-state index contributed by atoms with van der Waals surface area (Å²) in [7, 11) is -10.6. The van der Waals surface area contributed by atoms with Crippen LogP contribution in [0.5, 0.6) is 0 Å². The van der Waals surface area contributed by atoms with Crippen LogP contribution in [-0.2, 0) is 29.6 Å². The number of ether oxygens (including phenoxy) is 1. The fraction of sp³-hybridized carbons (Fsp3) is 0.947. The van der Waals surface area contributed by atoms with E-state index in [0.29, 0.717) is 30.6 Å². The zero-order chi connectivity index (χ0) is 21.8. The maximum Gasteiger partial charge on any atom is 0.424 e. The number of carbonyl (C=O) groups excluding carboxylic acids is 1. The van der Waals surface area contributed by atoms with Gasteiger partial charge in [0.2, 0.25) is 0 Å². The molecule has 0 atom stereocenters. The van der Waals surface area contributed by atoms with E-state index >= 15 is 0 Å². The molecule has 0 radical (unpaired) electrons. The van der Waals surface area contributed by atoms with Gasteiger partial charge in [-0.25, -0.2) is 21.6 Å². The Labute approximate surface area is 176 Å². The molecule has 7 nitrogen and oxygen atoms in total. The lowest BCUT2D eigenvalue weighted by Gasteiger charge is -2.56. The van der Waals surface area contributed by atoms with Gasteiger partial charge in [-0.1, -0.05) is 19.3 Å². The Balaban J connectivity index is 1.41. The Kier molecular flexibility index (Phi) is 5.71. The Morgan fingerprint density at radius 2 is 1.43 bits per heavy atom. The number of halogens is 2. The fourth-order valence-electron chi connectivity index (χ4n) is 6.48. The lowest BCUT2D eigenvalue weighted by Crippen LogP contribution is -2.49. The van der Waals surface area contributed by atoms with Crippen LogP contribution in [0.15, 0.2) is 0 Å². The second kappa shape index (κ2) is 7.65. The highest BCUT2D eigenvalue weighted by atomic mass is 32.3. The predicted octanol–water partition coefficient (Wildman–Crippen LogP) is 3.70. The minimum atomic E-state index is -5.92. The first-order valence-corrected chi connectivity index (χ1v) is 13.6. The van der Waals surface area contributed by atoms with Crippen molar-refractivity contribution in [2.24, 2.45) is 23.2 Å². The third-order valence-electron chi connectivity index (χ3n) is 7.41. The van der Waals surface area contributed by atoms with Crippen LogP contribution >= 0.6 is 0 Å². The summed E-state index contributed by atoms with van der Waals surface area (Å²) in [5, 5.41) is -6.14. The van der Waals surface area contributed by atoms with Gasteiger partial charge in [0.1, 0.15) is 0 Å². The van der Waals surface area contributed by atoms with Crippen molar-refractivity contribution >= 4 is 26.0 Å². The summed E-state index contributed by atoms with van der Waals surface area (Å²) in [5.74, 6) is -0.708. The second-order valence-corrected chi connectivity index (χ2v) is 13.6. The largest absolute Gasteiger partial charge is 0.460 e. The second-order valence-electron chi connectivity index (χ2n) is 9.84. The number of hydrogen-bond donors (Lipinski definition) is 0. The van der Waals surface area contributed by atoms with Gasteiger partial charge < -0.3 is 8.86 Å². The van der Waals surface area contributed by atoms with E-state index in [4.69, 9.17) is 4.74 Å². The van der Waals surface area contributed by atoms with E-state index in [9.17, 15) is 30.4 Å². The third kappa shape index (κ3) is 4.13. The van der Waals surface area contributed by atoms with Crippen LogP contribution in [0.25, 0.3) is 4.13 Å². The van der Waals surface area contributed by atoms with Gasteiger partial charge in [-0.3, -0.25) is 0 Å². The van der Waals surface area contributed by atoms with Gasteiger partial charge >= 0.3 is 11.2 Å². The highest BCUT2D eigenvalue weighted by Gasteiger charge is 2.54. The van der Waals surface area contributed by atoms with Gasteiger partial charge in [-0.15, -0.1) is 0 Å². The molecule has 0 heterocycles. The number of nitrogens with zero attached hydrogens (tertiary/aromatic N) is 1. The lowest BCUT2D eigenvalue weighted by atomic mass is 9.50. The molecule has 30 heavy (non-hydrogen) atoms. The molecule has 5 saturated carbocycles. The number of carbonyl (C=O) groups is 1. The van der Waals surface area contributed by atoms with Crippen molar-refractivity contribution < 1.29 is 35.1 Å². The molecule has 5 aliphatic carbocycles. The molecule has 11 heteroatoms. The molecule has 0 aromatic heterocycles. The molecular formula is C19H28F2NO6S2-. The van der Waals surface area contributed by atoms with E-state index in [-0.39, 0.29) is 24.9 Å². The number of rotatable bonds is 7. The van der Waals surface area contributed by atoms with Gasteiger partial charge in [0.15, 0.2) is 10.0 Å². The molecule has 172 valence electrons. The average Bonchev–Trinajstić information content (AvgIpc) is 2.65. The first-order chi connectivity index (χ1) is 13.9. The Hall–Kier alpha value is -0.810. The number of esters is 1. The first-order valence-electron chi connectivity index (χ1n) is 10.7. The van der Waals surface area contributed by atoms with Crippen molar-refractivity contribution in [3.63, 3.8) is 0 Å². The fourth-order valence-corrected chi connectivity index (χ4v) is 9.64. The van der Waals surface area contributed by atoms with Crippen LogP contribution in [0.1, 0.15) is 70.6 Å². The van der Waals surface area contributed by atoms with Crippen LogP contribution in [0.2, 0.25) is 0 Å². The van der Waals surface area contributed by atoms with E-state index in [1.807, 2.05) is 0 Å². The minimum absolute atomic E-state index is 0.170. The maximum atomic E-state index is 14.4. The van der Waals surface area contributed by atoms with Crippen molar-refractivity contribution in [2.45, 2.75) is 81.1 Å². The third-order valence-corrected chi connectivity index (χ3v) is 11.2. The predicted molar refractivity (Wildman–Crippen MR) is 105 cm³/mol. The molecule has 0 spiro atoms. The molecule has 0 aromatic carbocycles. The van der Waals surface area contributed by atoms with Crippen molar-refractivity contribution in [1.29, 1.82) is 0 Å². The smallest absolute Gasteiger partial charge is 0.424 e. The van der Waals surface area contributed by atoms with Crippen molar-refractivity contribution in [2.75, 3.05) is 6.61 Å². The molecule has 5 aliphatic rings. The summed E-state index contributed by atoms with van der Waals surface area (Å²) in [4.78, 5) is 12.1. The van der Waals surface area contributed by atoms with Crippen molar-refractivity contribution in [1.82, 2.24) is 0 Å². The summed E-state index contributed by atoms with van der Waals surface area (Å²) in [6.45, 7) is -0.254. The van der Waals surface area contributed by atoms with Crippen LogP contribution in [0, 0.1) is 23.2 Å². The number of hydrogen-bond acceptors (Lipinski definition) is 6. The molecule has 5 fully saturated rings. The summed E-state index contributed by atoms with van der Waals surface area (Å²) >= 11 is 0.